The maximum Gasteiger partial charge on any atom is 0.238 e. The summed E-state index contributed by atoms with van der Waals surface area (Å²) >= 11 is 12.1. The fourth-order valence-corrected chi connectivity index (χ4v) is 21.1. The van der Waals surface area contributed by atoms with Crippen LogP contribution in [0.15, 0.2) is 331 Å². The van der Waals surface area contributed by atoms with E-state index in [1.54, 1.807) is 126 Å². The molecule has 21 rings (SSSR count). The number of sulfonamides is 3. The number of nitrogens with one attached hydrogen (secondary N) is 10. The van der Waals surface area contributed by atoms with E-state index in [1.807, 2.05) is 115 Å². The largest absolute Gasteiger partial charge is 0.508 e. The van der Waals surface area contributed by atoms with Crippen molar-refractivity contribution in [1.82, 2.24) is 51.0 Å². The number of hydrogen-bond donors (Lipinski definition) is 14. The molecule has 17 N–H and O–H groups in total. The Labute approximate surface area is 767 Å². The topological polar surface area (TPSA) is 423 Å². The minimum Gasteiger partial charge on any atom is -0.508 e. The number of thiophene rings is 5. The van der Waals surface area contributed by atoms with E-state index in [1.165, 1.54) is 81.6 Å². The number of halogens is 1. The van der Waals surface area contributed by atoms with Gasteiger partial charge >= 0.3 is 0 Å². The molecule has 0 unspecified atom stereocenters. The molecule has 0 atom stereocenters. The van der Waals surface area contributed by atoms with Gasteiger partial charge in [0.1, 0.15) is 17.2 Å². The highest BCUT2D eigenvalue weighted by Crippen LogP contribution is 2.44. The van der Waals surface area contributed by atoms with Crippen molar-refractivity contribution < 1.29 is 39.8 Å². The molecule has 129 heavy (non-hydrogen) atoms. The average Bonchev–Trinajstić information content (AvgIpc) is 1.69. The molecular weight excluding hydrogens is 1850 g/mol. The van der Waals surface area contributed by atoms with Gasteiger partial charge in [0.2, 0.25) is 30.1 Å². The van der Waals surface area contributed by atoms with Crippen LogP contribution in [0, 0.1) is 0 Å². The van der Waals surface area contributed by atoms with Crippen LogP contribution in [0.25, 0.3) is 118 Å². The second-order valence-electron chi connectivity index (χ2n) is 28.7. The summed E-state index contributed by atoms with van der Waals surface area (Å²) in [7, 11) is -7.78. The molecule has 0 saturated heterocycles. The molecule has 27 nitrogen and oxygen atoms in total. The van der Waals surface area contributed by atoms with Gasteiger partial charge in [-0.05, 0) is 161 Å². The molecular formula is C93H75BrN18O9S8. The summed E-state index contributed by atoms with van der Waals surface area (Å²) in [6, 6.07) is 88.4. The molecule has 0 saturated carbocycles. The summed E-state index contributed by atoms with van der Waals surface area (Å²) in [5.41, 5.74) is 16.4. The number of aromatic nitrogens is 10. The van der Waals surface area contributed by atoms with Crippen LogP contribution < -0.4 is 51.5 Å². The summed E-state index contributed by atoms with van der Waals surface area (Å²) < 4.78 is 85.9. The fraction of sp³-hybridized carbons (Fsp3) is 0.0215. The standard InChI is InChI=1S/C24H20N4O3S2.C18H15N3OS.C17H13BrN4O2S2.C17H14N4O2S2.C17H13N3OS/c1-31-17-5-2-4-15(12-17)19-6-3-7-20-21(14-32-24(19)20)22-13-23(28-27-22)26-16-8-10-18(11-9-16)33(25,29)30;1-22-13-6-4-5-12(9-13)19-18-10-16(20-21-18)15-11-23-17-8-3-2-7-14(15)17;18-14-3-1-2-12-13(9-25-17(12)14)15-8-16(22-21-15)20-10-4-6-11(7-5-10)26(19,23)24;18-25(22,23)12-7-5-11(6-8-12)19-17-9-15(20-21-17)14-10-24-16-4-2-1-3-13(14)16;21-12-5-3-4-11(8-12)18-17-9-15(19-20-17)14-10-22-16-7-2-1-6-13(14)16/h2-14H,1H3,(H2,25,29,30)(H2,26,27,28);2-11H,1H3,(H2,19,20,21);1-9H,(H2,19,23,24)(H2,20,21,22);1-10H,(H2,18,22,23)(H2,19,20,21);1-10,21H,(H2,18,19,20). The van der Waals surface area contributed by atoms with Crippen LogP contribution in [0.1, 0.15) is 0 Å². The van der Waals surface area contributed by atoms with Crippen molar-refractivity contribution in [2.45, 2.75) is 14.7 Å². The molecule has 0 aliphatic rings. The number of nitrogens with two attached hydrogens (primary N) is 3. The fourth-order valence-electron chi connectivity index (χ4n) is 13.9. The normalized spacial score (nSPS) is 11.4. The molecule has 0 aliphatic heterocycles. The zero-order valence-electron chi connectivity index (χ0n) is 67.8. The van der Waals surface area contributed by atoms with Crippen LogP contribution in [-0.4, -0.2) is 95.6 Å². The second-order valence-corrected chi connectivity index (χ2v) is 38.7. The first-order valence-corrected chi connectivity index (χ1v) is 49.0. The molecule has 0 fully saturated rings. The predicted molar refractivity (Wildman–Crippen MR) is 528 cm³/mol. The van der Waals surface area contributed by atoms with Crippen molar-refractivity contribution in [1.29, 1.82) is 0 Å². The van der Waals surface area contributed by atoms with Gasteiger partial charge < -0.3 is 41.2 Å². The number of primary sulfonamides is 3. The monoisotopic (exact) mass is 1920 g/mol. The van der Waals surface area contributed by atoms with Crippen molar-refractivity contribution in [3.05, 3.63) is 316 Å². The number of ether oxygens (including phenoxy) is 2. The van der Waals surface area contributed by atoms with Crippen LogP contribution in [0.3, 0.4) is 0 Å². The van der Waals surface area contributed by atoms with Gasteiger partial charge in [0.05, 0.1) is 57.4 Å². The first kappa shape index (κ1) is 87.0. The van der Waals surface area contributed by atoms with E-state index in [0.29, 0.717) is 28.8 Å². The Bertz CT molecular complexity index is 7940. The van der Waals surface area contributed by atoms with Gasteiger partial charge in [0, 0.05) is 181 Å². The van der Waals surface area contributed by atoms with E-state index in [-0.39, 0.29) is 20.4 Å². The van der Waals surface area contributed by atoms with Gasteiger partial charge in [-0.3, -0.25) is 25.5 Å². The predicted octanol–water partition coefficient (Wildman–Crippen LogP) is 23.3. The number of hydrogen-bond acceptors (Lipinski definition) is 24. The molecule has 36 heteroatoms. The van der Waals surface area contributed by atoms with E-state index < -0.39 is 30.1 Å². The van der Waals surface area contributed by atoms with Crippen LogP contribution >= 0.6 is 72.6 Å². The average molecular weight is 1930 g/mol. The lowest BCUT2D eigenvalue weighted by molar-refractivity contribution is 0.415. The zero-order chi connectivity index (χ0) is 89.3. The molecule has 0 amide bonds. The summed E-state index contributed by atoms with van der Waals surface area (Å²) in [5, 5.41) is 94.2. The number of rotatable bonds is 21. The van der Waals surface area contributed by atoms with E-state index in [2.05, 4.69) is 199 Å². The molecule has 0 spiro atoms. The lowest BCUT2D eigenvalue weighted by atomic mass is 10.0. The Hall–Kier alpha value is -14.1. The number of methoxy groups -OCH3 is 2. The summed E-state index contributed by atoms with van der Waals surface area (Å²) in [6.45, 7) is 0. The Morgan fingerprint density at radius 2 is 0.620 bits per heavy atom. The van der Waals surface area contributed by atoms with Gasteiger partial charge in [0.25, 0.3) is 0 Å². The first-order chi connectivity index (χ1) is 62.5. The number of aromatic amines is 5. The third-order valence-electron chi connectivity index (χ3n) is 20.1. The van der Waals surface area contributed by atoms with Crippen LogP contribution in [0.2, 0.25) is 0 Å². The number of phenols is 1. The number of phenolic OH excluding ortho intramolecular Hbond substituents is 1. The van der Waals surface area contributed by atoms with Crippen molar-refractivity contribution >= 4 is 211 Å². The molecule has 0 radical (unpaired) electrons. The Balaban J connectivity index is 0.000000114. The minimum atomic E-state index is -3.72. The Kier molecular flexibility index (Phi) is 25.8. The van der Waals surface area contributed by atoms with Crippen molar-refractivity contribution in [3.63, 3.8) is 0 Å². The second kappa shape index (κ2) is 38.2. The van der Waals surface area contributed by atoms with E-state index in [0.717, 1.165) is 117 Å². The van der Waals surface area contributed by atoms with Crippen molar-refractivity contribution in [2.24, 2.45) is 15.4 Å². The third-order valence-corrected chi connectivity index (χ3v) is 28.8. The highest BCUT2D eigenvalue weighted by molar-refractivity contribution is 9.10. The van der Waals surface area contributed by atoms with Crippen molar-refractivity contribution in [3.8, 4) is 84.7 Å². The third kappa shape index (κ3) is 20.6. The van der Waals surface area contributed by atoms with Gasteiger partial charge in [-0.1, -0.05) is 109 Å². The maximum absolute atomic E-state index is 11.4. The minimum absolute atomic E-state index is 0.0624. The van der Waals surface area contributed by atoms with E-state index >= 15 is 0 Å². The Morgan fingerprint density at radius 1 is 0.310 bits per heavy atom. The van der Waals surface area contributed by atoms with Crippen LogP contribution in [-0.2, 0) is 30.1 Å². The summed E-state index contributed by atoms with van der Waals surface area (Å²) in [6.07, 6.45) is 0. The summed E-state index contributed by atoms with van der Waals surface area (Å²) in [5.74, 6) is 5.27. The number of anilines is 10. The maximum atomic E-state index is 11.4. The molecule has 11 aromatic carbocycles. The lowest BCUT2D eigenvalue weighted by Crippen LogP contribution is -2.11. The van der Waals surface area contributed by atoms with Crippen LogP contribution in [0.4, 0.5) is 57.5 Å². The lowest BCUT2D eigenvalue weighted by Gasteiger charge is -2.06. The number of benzene rings is 11. The first-order valence-electron chi connectivity index (χ1n) is 39.1. The van der Waals surface area contributed by atoms with E-state index in [9.17, 15) is 30.4 Å². The highest BCUT2D eigenvalue weighted by atomic mass is 79.9. The van der Waals surface area contributed by atoms with Gasteiger partial charge in [0.15, 0.2) is 29.1 Å². The quantitative estimate of drug-likeness (QED) is 0.0318. The molecule has 0 bridgehead atoms. The van der Waals surface area contributed by atoms with E-state index in [4.69, 9.17) is 24.9 Å². The van der Waals surface area contributed by atoms with Crippen LogP contribution in [0.5, 0.6) is 17.2 Å². The SMILES string of the molecule is COc1cccc(-c2cccc3c(-c4cc(Nc5ccc(S(N)(=O)=O)cc5)n[nH]4)csc23)c1.COc1cccc(Nc2cc(-c3csc4ccccc34)[nH]n2)c1.NS(=O)(=O)c1ccc(Nc2cc(-c3csc4c(Br)cccc34)[nH]n2)cc1.NS(=O)(=O)c1ccc(Nc2cc(-c3csc4ccccc34)[nH]n2)cc1.Oc1cccc(Nc2cc(-c3csc4ccccc34)[nH]n2)c1. The molecule has 0 aliphatic carbocycles. The highest BCUT2D eigenvalue weighted by Gasteiger charge is 2.20. The summed E-state index contributed by atoms with van der Waals surface area (Å²) in [4.78, 5) is 0.207. The molecule has 21 aromatic rings. The number of fused-ring (bicyclic) bond motifs is 5. The van der Waals surface area contributed by atoms with Crippen molar-refractivity contribution in [2.75, 3.05) is 40.8 Å². The van der Waals surface area contributed by atoms with Gasteiger partial charge in [-0.25, -0.2) is 40.7 Å². The van der Waals surface area contributed by atoms with Gasteiger partial charge in [-0.2, -0.15) is 25.5 Å². The number of nitrogens with zero attached hydrogens (tertiary/aromatic N) is 5. The number of aromatic hydroxyl groups is 1. The Morgan fingerprint density at radius 3 is 1.01 bits per heavy atom. The zero-order valence-corrected chi connectivity index (χ0v) is 76.0. The molecule has 10 aromatic heterocycles. The molecule has 646 valence electrons. The number of H-pyrrole nitrogens is 5. The molecule has 10 heterocycles. The smallest absolute Gasteiger partial charge is 0.238 e. The van der Waals surface area contributed by atoms with Gasteiger partial charge in [-0.15, -0.1) is 56.7 Å².